The van der Waals surface area contributed by atoms with E-state index < -0.39 is 5.97 Å². The van der Waals surface area contributed by atoms with Crippen molar-refractivity contribution < 1.29 is 9.90 Å². The Bertz CT molecular complexity index is 496. The molecule has 0 atom stereocenters. The molecule has 1 aromatic heterocycles. The Morgan fingerprint density at radius 3 is 2.60 bits per heavy atom. The lowest BCUT2D eigenvalue weighted by Crippen LogP contribution is -2.05. The van der Waals surface area contributed by atoms with Crippen molar-refractivity contribution in [2.45, 2.75) is 0 Å². The van der Waals surface area contributed by atoms with Gasteiger partial charge in [0, 0.05) is 4.47 Å². The van der Waals surface area contributed by atoms with Crippen LogP contribution in [0.2, 0.25) is 0 Å². The first kappa shape index (κ1) is 9.85. The lowest BCUT2D eigenvalue weighted by atomic mass is 10.2. The maximum Gasteiger partial charge on any atom is 0.338 e. The quantitative estimate of drug-likeness (QED) is 0.900. The summed E-state index contributed by atoms with van der Waals surface area (Å²) >= 11 is 3.20. The van der Waals surface area contributed by atoms with Crippen LogP contribution in [0.1, 0.15) is 10.4 Å². The molecule has 76 valence electrons. The molecule has 0 spiro atoms. The Balaban J connectivity index is 2.66. The van der Waals surface area contributed by atoms with Gasteiger partial charge in [0.25, 0.3) is 0 Å². The number of halogens is 1. The highest BCUT2D eigenvalue weighted by Gasteiger charge is 2.14. The van der Waals surface area contributed by atoms with E-state index in [0.29, 0.717) is 10.2 Å². The topological polar surface area (TPSA) is 68.0 Å². The van der Waals surface area contributed by atoms with Crippen LogP contribution >= 0.6 is 15.9 Å². The molecule has 1 heterocycles. The highest BCUT2D eigenvalue weighted by molar-refractivity contribution is 9.10. The molecule has 2 aromatic rings. The third kappa shape index (κ3) is 1.75. The smallest absolute Gasteiger partial charge is 0.338 e. The molecule has 5 nitrogen and oxygen atoms in total. The first-order chi connectivity index (χ1) is 7.20. The van der Waals surface area contributed by atoms with Gasteiger partial charge < -0.3 is 5.11 Å². The van der Waals surface area contributed by atoms with E-state index >= 15 is 0 Å². The van der Waals surface area contributed by atoms with Gasteiger partial charge in [-0.2, -0.15) is 0 Å². The van der Waals surface area contributed by atoms with E-state index in [9.17, 15) is 4.79 Å². The molecular weight excluding hydrogens is 262 g/mol. The molecule has 15 heavy (non-hydrogen) atoms. The van der Waals surface area contributed by atoms with E-state index in [-0.39, 0.29) is 5.56 Å². The van der Waals surface area contributed by atoms with Crippen LogP contribution in [0.3, 0.4) is 0 Å². The van der Waals surface area contributed by atoms with Gasteiger partial charge in [-0.1, -0.05) is 6.07 Å². The van der Waals surface area contributed by atoms with Gasteiger partial charge in [0.2, 0.25) is 0 Å². The summed E-state index contributed by atoms with van der Waals surface area (Å²) in [6, 6.07) is 5.13. The molecule has 2 rings (SSSR count). The molecule has 0 radical (unpaired) electrons. The average Bonchev–Trinajstić information content (AvgIpc) is 2.69. The zero-order valence-corrected chi connectivity index (χ0v) is 9.05. The summed E-state index contributed by atoms with van der Waals surface area (Å²) in [5, 5.41) is 16.3. The molecule has 0 aliphatic heterocycles. The highest BCUT2D eigenvalue weighted by Crippen LogP contribution is 2.23. The molecule has 0 aliphatic carbocycles. The average molecular weight is 268 g/mol. The van der Waals surface area contributed by atoms with Crippen molar-refractivity contribution in [3.05, 3.63) is 40.9 Å². The van der Waals surface area contributed by atoms with Gasteiger partial charge in [0.15, 0.2) is 0 Å². The number of aromatic carboxylic acids is 1. The monoisotopic (exact) mass is 267 g/mol. The van der Waals surface area contributed by atoms with Crippen LogP contribution in [0.15, 0.2) is 35.3 Å². The molecule has 0 unspecified atom stereocenters. The lowest BCUT2D eigenvalue weighted by Gasteiger charge is -2.07. The SMILES string of the molecule is O=C(O)c1c(Br)cccc1-n1cnnc1. The Kier molecular flexibility index (Phi) is 2.51. The number of hydrogen-bond acceptors (Lipinski definition) is 3. The normalized spacial score (nSPS) is 10.2. The van der Waals surface area contributed by atoms with Crippen molar-refractivity contribution in [1.29, 1.82) is 0 Å². The summed E-state index contributed by atoms with van der Waals surface area (Å²) in [5.74, 6) is -0.994. The van der Waals surface area contributed by atoms with Crippen LogP contribution in [0.25, 0.3) is 5.69 Å². The minimum absolute atomic E-state index is 0.192. The predicted molar refractivity (Wildman–Crippen MR) is 56.0 cm³/mol. The Morgan fingerprint density at radius 2 is 2.00 bits per heavy atom. The first-order valence-electron chi connectivity index (χ1n) is 4.07. The van der Waals surface area contributed by atoms with Crippen LogP contribution in [0, 0.1) is 0 Å². The summed E-state index contributed by atoms with van der Waals surface area (Å²) in [6.07, 6.45) is 2.91. The third-order valence-electron chi connectivity index (χ3n) is 1.90. The number of carboxylic acids is 1. The fraction of sp³-hybridized carbons (Fsp3) is 0. The predicted octanol–water partition coefficient (Wildman–Crippen LogP) is 1.73. The maximum atomic E-state index is 11.1. The zero-order valence-electron chi connectivity index (χ0n) is 7.46. The Morgan fingerprint density at radius 1 is 1.33 bits per heavy atom. The summed E-state index contributed by atoms with van der Waals surface area (Å²) < 4.78 is 2.08. The number of carboxylic acid groups (broad SMARTS) is 1. The largest absolute Gasteiger partial charge is 0.478 e. The van der Waals surface area contributed by atoms with E-state index in [4.69, 9.17) is 5.11 Å². The molecule has 0 aliphatic rings. The number of rotatable bonds is 2. The van der Waals surface area contributed by atoms with Crippen molar-refractivity contribution in [3.63, 3.8) is 0 Å². The summed E-state index contributed by atoms with van der Waals surface area (Å²) in [5.41, 5.74) is 0.721. The molecule has 0 bridgehead atoms. The van der Waals surface area contributed by atoms with Gasteiger partial charge in [0.1, 0.15) is 12.7 Å². The second-order valence-electron chi connectivity index (χ2n) is 2.81. The molecule has 1 aromatic carbocycles. The van der Waals surface area contributed by atoms with Gasteiger partial charge in [-0.15, -0.1) is 10.2 Å². The molecular formula is C9H6BrN3O2. The molecule has 0 saturated heterocycles. The summed E-state index contributed by atoms with van der Waals surface area (Å²) in [7, 11) is 0. The first-order valence-corrected chi connectivity index (χ1v) is 4.86. The van der Waals surface area contributed by atoms with Crippen molar-refractivity contribution in [3.8, 4) is 5.69 Å². The number of carbonyl (C=O) groups is 1. The van der Waals surface area contributed by atoms with Gasteiger partial charge in [-0.25, -0.2) is 4.79 Å². The van der Waals surface area contributed by atoms with Crippen LogP contribution < -0.4 is 0 Å². The standard InChI is InChI=1S/C9H6BrN3O2/c10-6-2-1-3-7(8(6)9(14)15)13-4-11-12-5-13/h1-5H,(H,14,15). The number of benzene rings is 1. The van der Waals surface area contributed by atoms with Crippen LogP contribution in [0.4, 0.5) is 0 Å². The number of hydrogen-bond donors (Lipinski definition) is 1. The van der Waals surface area contributed by atoms with Crippen LogP contribution in [-0.4, -0.2) is 25.8 Å². The van der Waals surface area contributed by atoms with Crippen molar-refractivity contribution in [2.75, 3.05) is 0 Å². The minimum Gasteiger partial charge on any atom is -0.478 e. The lowest BCUT2D eigenvalue weighted by molar-refractivity contribution is 0.0696. The van der Waals surface area contributed by atoms with Crippen molar-refractivity contribution >= 4 is 21.9 Å². The highest BCUT2D eigenvalue weighted by atomic mass is 79.9. The maximum absolute atomic E-state index is 11.1. The Hall–Kier alpha value is -1.69. The van der Waals surface area contributed by atoms with Gasteiger partial charge in [0.05, 0.1) is 11.3 Å². The van der Waals surface area contributed by atoms with E-state index in [1.54, 1.807) is 22.8 Å². The Labute approximate surface area is 93.5 Å². The number of aromatic nitrogens is 3. The minimum atomic E-state index is -0.994. The second kappa shape index (κ2) is 3.82. The fourth-order valence-electron chi connectivity index (χ4n) is 1.26. The second-order valence-corrected chi connectivity index (χ2v) is 3.66. The summed E-state index contributed by atoms with van der Waals surface area (Å²) in [6.45, 7) is 0. The molecule has 0 saturated carbocycles. The molecule has 6 heteroatoms. The van der Waals surface area contributed by atoms with Crippen LogP contribution in [0.5, 0.6) is 0 Å². The van der Waals surface area contributed by atoms with Crippen molar-refractivity contribution in [1.82, 2.24) is 14.8 Å². The van der Waals surface area contributed by atoms with E-state index in [2.05, 4.69) is 26.1 Å². The fourth-order valence-corrected chi connectivity index (χ4v) is 1.79. The molecule has 1 N–H and O–H groups in total. The van der Waals surface area contributed by atoms with E-state index in [0.717, 1.165) is 0 Å². The van der Waals surface area contributed by atoms with E-state index in [1.165, 1.54) is 12.7 Å². The van der Waals surface area contributed by atoms with Gasteiger partial charge in [-0.05, 0) is 28.1 Å². The molecule has 0 amide bonds. The van der Waals surface area contributed by atoms with Gasteiger partial charge >= 0.3 is 5.97 Å². The van der Waals surface area contributed by atoms with Gasteiger partial charge in [-0.3, -0.25) is 4.57 Å². The van der Waals surface area contributed by atoms with E-state index in [1.807, 2.05) is 0 Å². The third-order valence-corrected chi connectivity index (χ3v) is 2.56. The van der Waals surface area contributed by atoms with Crippen LogP contribution in [-0.2, 0) is 0 Å². The number of nitrogens with zero attached hydrogens (tertiary/aromatic N) is 3. The summed E-state index contributed by atoms with van der Waals surface area (Å²) in [4.78, 5) is 11.1. The molecule has 0 fully saturated rings. The zero-order chi connectivity index (χ0) is 10.8. The van der Waals surface area contributed by atoms with Crippen molar-refractivity contribution in [2.24, 2.45) is 0 Å².